The maximum Gasteiger partial charge on any atom is 0.270 e. The van der Waals surface area contributed by atoms with Crippen molar-refractivity contribution in [2.24, 2.45) is 0 Å². The second kappa shape index (κ2) is 8.85. The van der Waals surface area contributed by atoms with E-state index in [1.165, 1.54) is 34.8 Å². The number of non-ortho nitro benzene ring substituents is 1. The topological polar surface area (TPSA) is 97.2 Å². The van der Waals surface area contributed by atoms with E-state index < -0.39 is 10.8 Å². The number of aromatic nitrogens is 1. The number of rotatable bonds is 4. The zero-order valence-electron chi connectivity index (χ0n) is 15.2. The number of thiocarbonyl (C=S) groups is 1. The Kier molecular flexibility index (Phi) is 6.17. The van der Waals surface area contributed by atoms with Crippen molar-refractivity contribution in [2.45, 2.75) is 0 Å². The molecule has 0 radical (unpaired) electrons. The summed E-state index contributed by atoms with van der Waals surface area (Å²) in [6, 6.07) is 11.4. The van der Waals surface area contributed by atoms with E-state index in [1.54, 1.807) is 35.7 Å². The fourth-order valence-corrected chi connectivity index (χ4v) is 5.38. The van der Waals surface area contributed by atoms with Crippen LogP contribution in [0.4, 0.5) is 10.8 Å². The number of thiophene rings is 1. The Morgan fingerprint density at radius 2 is 2.00 bits per heavy atom. The van der Waals surface area contributed by atoms with Gasteiger partial charge in [-0.3, -0.25) is 20.2 Å². The number of carbonyl (C=O) groups is 1. The quantitative estimate of drug-likeness (QED) is 0.189. The lowest BCUT2D eigenvalue weighted by Crippen LogP contribution is -2.33. The Bertz CT molecular complexity index is 1350. The second-order valence-corrected chi connectivity index (χ2v) is 9.27. The van der Waals surface area contributed by atoms with Gasteiger partial charge in [0, 0.05) is 38.2 Å². The number of hydrogen-bond donors (Lipinski definition) is 2. The molecule has 4 aromatic rings. The predicted molar refractivity (Wildman–Crippen MR) is 130 cm³/mol. The number of nitrogens with zero attached hydrogens (tertiary/aromatic N) is 2. The molecule has 2 N–H and O–H groups in total. The van der Waals surface area contributed by atoms with Crippen LogP contribution in [0.5, 0.6) is 0 Å². The molecule has 7 nitrogen and oxygen atoms in total. The Labute approximate surface area is 198 Å². The molecule has 0 fully saturated rings. The molecule has 2 aromatic heterocycles. The van der Waals surface area contributed by atoms with Crippen molar-refractivity contribution >= 4 is 90.0 Å². The first-order chi connectivity index (χ1) is 14.8. The van der Waals surface area contributed by atoms with Gasteiger partial charge in [0.2, 0.25) is 0 Å². The van der Waals surface area contributed by atoms with Crippen molar-refractivity contribution in [2.75, 3.05) is 5.32 Å². The lowest BCUT2D eigenvalue weighted by atomic mass is 10.1. The van der Waals surface area contributed by atoms with Crippen molar-refractivity contribution in [3.8, 4) is 11.3 Å². The van der Waals surface area contributed by atoms with E-state index in [9.17, 15) is 14.9 Å². The molecule has 0 bridgehead atoms. The molecule has 0 aliphatic heterocycles. The maximum absolute atomic E-state index is 12.6. The minimum absolute atomic E-state index is 0.0238. The Morgan fingerprint density at radius 1 is 1.19 bits per heavy atom. The summed E-state index contributed by atoms with van der Waals surface area (Å²) in [5.41, 5.74) is 1.13. The molecule has 1 amide bonds. The van der Waals surface area contributed by atoms with E-state index in [-0.39, 0.29) is 10.8 Å². The molecule has 2 heterocycles. The summed E-state index contributed by atoms with van der Waals surface area (Å²) < 4.78 is 0.794. The molecular weight excluding hydrogens is 499 g/mol. The average molecular weight is 509 g/mol. The minimum atomic E-state index is -0.466. The number of nitro benzene ring substituents is 1. The van der Waals surface area contributed by atoms with Crippen LogP contribution in [0.2, 0.25) is 10.0 Å². The number of benzene rings is 2. The smallest absolute Gasteiger partial charge is 0.270 e. The Morgan fingerprint density at radius 3 is 2.77 bits per heavy atom. The van der Waals surface area contributed by atoms with Gasteiger partial charge in [-0.2, -0.15) is 0 Å². The lowest BCUT2D eigenvalue weighted by Gasteiger charge is -2.06. The fourth-order valence-electron chi connectivity index (χ4n) is 2.72. The van der Waals surface area contributed by atoms with Crippen LogP contribution in [-0.4, -0.2) is 20.9 Å². The third kappa shape index (κ3) is 4.68. The van der Waals surface area contributed by atoms with Crippen LogP contribution < -0.4 is 10.6 Å². The second-order valence-electron chi connectivity index (χ2n) is 6.14. The third-order valence-corrected chi connectivity index (χ3v) is 6.96. The van der Waals surface area contributed by atoms with E-state index in [1.807, 2.05) is 0 Å². The zero-order valence-corrected chi connectivity index (χ0v) is 19.2. The lowest BCUT2D eigenvalue weighted by molar-refractivity contribution is -0.384. The largest absolute Gasteiger partial charge is 0.308 e. The number of hydrogen-bond acceptors (Lipinski definition) is 7. The van der Waals surface area contributed by atoms with Gasteiger partial charge in [0.05, 0.1) is 15.6 Å². The van der Waals surface area contributed by atoms with Crippen LogP contribution >= 0.6 is 58.1 Å². The van der Waals surface area contributed by atoms with Gasteiger partial charge in [0.1, 0.15) is 4.88 Å². The first-order valence-corrected chi connectivity index (χ1v) is 11.4. The van der Waals surface area contributed by atoms with Crippen LogP contribution in [-0.2, 0) is 0 Å². The molecule has 0 saturated carbocycles. The molecule has 4 rings (SSSR count). The Hall–Kier alpha value is -2.63. The number of fused-ring (bicyclic) bond motifs is 1. The number of anilines is 1. The van der Waals surface area contributed by atoms with E-state index in [0.717, 1.165) is 10.1 Å². The van der Waals surface area contributed by atoms with Crippen molar-refractivity contribution in [1.82, 2.24) is 10.3 Å². The van der Waals surface area contributed by atoms with Crippen LogP contribution in [0.25, 0.3) is 21.3 Å². The van der Waals surface area contributed by atoms with Gasteiger partial charge in [0.25, 0.3) is 11.6 Å². The monoisotopic (exact) mass is 508 g/mol. The normalized spacial score (nSPS) is 10.8. The molecule has 31 heavy (non-hydrogen) atoms. The summed E-state index contributed by atoms with van der Waals surface area (Å²) in [6.45, 7) is 0. The molecule has 0 aliphatic carbocycles. The third-order valence-electron chi connectivity index (χ3n) is 4.10. The highest BCUT2D eigenvalue weighted by Crippen LogP contribution is 2.36. The number of nitro groups is 1. The molecule has 2 aromatic carbocycles. The van der Waals surface area contributed by atoms with Gasteiger partial charge in [-0.1, -0.05) is 41.4 Å². The average Bonchev–Trinajstić information content (AvgIpc) is 3.32. The van der Waals surface area contributed by atoms with Gasteiger partial charge in [-0.25, -0.2) is 4.98 Å². The number of halogens is 2. The first-order valence-electron chi connectivity index (χ1n) is 8.52. The molecular formula is C19H10Cl2N4O3S3. The van der Waals surface area contributed by atoms with Crippen LogP contribution in [0.3, 0.4) is 0 Å². The molecule has 0 atom stereocenters. The number of nitrogens with one attached hydrogen (secondary N) is 2. The predicted octanol–water partition coefficient (Wildman–Crippen LogP) is 6.37. The number of carbonyl (C=O) groups excluding carboxylic acids is 1. The van der Waals surface area contributed by atoms with Gasteiger partial charge in [0.15, 0.2) is 10.2 Å². The highest BCUT2D eigenvalue weighted by molar-refractivity contribution is 7.80. The van der Waals surface area contributed by atoms with Crippen molar-refractivity contribution in [1.29, 1.82) is 0 Å². The van der Waals surface area contributed by atoms with Crippen molar-refractivity contribution in [3.63, 3.8) is 0 Å². The van der Waals surface area contributed by atoms with E-state index >= 15 is 0 Å². The van der Waals surface area contributed by atoms with Crippen LogP contribution in [0, 0.1) is 10.1 Å². The number of thiazole rings is 1. The standard InChI is InChI=1S/C19H10Cl2N4O3S3/c20-10-4-5-12-14(7-10)31-16(15(12)21)17(26)23-18(29)24-19-22-13(8-30-19)9-2-1-3-11(6-9)25(27)28/h1-8H,(H2,22,23,24,26,29). The van der Waals surface area contributed by atoms with Gasteiger partial charge < -0.3 is 5.32 Å². The summed E-state index contributed by atoms with van der Waals surface area (Å²) in [5.74, 6) is -0.449. The Balaban J connectivity index is 1.46. The summed E-state index contributed by atoms with van der Waals surface area (Å²) in [6.07, 6.45) is 0. The van der Waals surface area contributed by atoms with Crippen LogP contribution in [0.1, 0.15) is 9.67 Å². The van der Waals surface area contributed by atoms with Crippen molar-refractivity contribution < 1.29 is 9.72 Å². The zero-order chi connectivity index (χ0) is 22.1. The van der Waals surface area contributed by atoms with Gasteiger partial charge in [-0.15, -0.1) is 22.7 Å². The van der Waals surface area contributed by atoms with Crippen molar-refractivity contribution in [3.05, 3.63) is 72.9 Å². The highest BCUT2D eigenvalue weighted by atomic mass is 35.5. The summed E-state index contributed by atoms with van der Waals surface area (Å²) >= 11 is 20.0. The minimum Gasteiger partial charge on any atom is -0.308 e. The maximum atomic E-state index is 12.6. The van der Waals surface area contributed by atoms with E-state index in [0.29, 0.717) is 31.3 Å². The molecule has 0 unspecified atom stereocenters. The SMILES string of the molecule is O=C(NC(=S)Nc1nc(-c2cccc([N+](=O)[O-])c2)cs1)c1sc2cc(Cl)ccc2c1Cl. The molecule has 12 heteroatoms. The first kappa shape index (κ1) is 21.6. The van der Waals surface area contributed by atoms with Crippen LogP contribution in [0.15, 0.2) is 47.8 Å². The number of amides is 1. The summed E-state index contributed by atoms with van der Waals surface area (Å²) in [5, 5.41) is 20.2. The highest BCUT2D eigenvalue weighted by Gasteiger charge is 2.19. The molecule has 156 valence electrons. The summed E-state index contributed by atoms with van der Waals surface area (Å²) in [7, 11) is 0. The van der Waals surface area contributed by atoms with E-state index in [4.69, 9.17) is 35.4 Å². The van der Waals surface area contributed by atoms with Gasteiger partial charge >= 0.3 is 0 Å². The van der Waals surface area contributed by atoms with E-state index in [2.05, 4.69) is 15.6 Å². The van der Waals surface area contributed by atoms with Gasteiger partial charge in [-0.05, 0) is 24.4 Å². The molecule has 0 spiro atoms. The molecule has 0 saturated heterocycles. The molecule has 0 aliphatic rings. The summed E-state index contributed by atoms with van der Waals surface area (Å²) in [4.78, 5) is 27.8. The fraction of sp³-hybridized carbons (Fsp3) is 0.